The topological polar surface area (TPSA) is 145 Å². The Kier molecular flexibility index (Phi) is 9.71. The number of carboxylic acids is 2. The molecule has 2 heterocycles. The normalized spacial score (nSPS) is 14.5. The van der Waals surface area contributed by atoms with Crippen molar-refractivity contribution in [3.8, 4) is 16.9 Å². The number of rotatable bonds is 10. The molecule has 0 fully saturated rings. The number of nitrogens with one attached hydrogen (secondary N) is 2. The lowest BCUT2D eigenvalue weighted by atomic mass is 9.96. The average molecular weight is 626 g/mol. The first kappa shape index (κ1) is 31.2. The van der Waals surface area contributed by atoms with E-state index in [9.17, 15) is 24.3 Å². The Morgan fingerprint density at radius 2 is 1.64 bits per heavy atom. The Labute approximate surface area is 263 Å². The lowest BCUT2D eigenvalue weighted by Crippen LogP contribution is -2.41. The molecule has 0 saturated carbocycles. The molecule has 4 aromatic rings. The second-order valence-electron chi connectivity index (χ2n) is 10.4. The summed E-state index contributed by atoms with van der Waals surface area (Å²) >= 11 is 1.02. The van der Waals surface area contributed by atoms with Crippen LogP contribution in [0.1, 0.15) is 38.0 Å². The van der Waals surface area contributed by atoms with Crippen molar-refractivity contribution < 1.29 is 34.1 Å². The standard InChI is InChI=1S/C34H31N3O7S/c1-44-25-14-9-22(10-15-25)20-37-18-17-26-29(33(40)41)32(36-31(39)34(42)43)45-30(26)27(37)19-35-28(38)16-11-21-7-12-24(13-8-21)23-5-3-2-4-6-23/h2-16,27H,17-20H2,1H3,(H,35,38)(H,36,39)(H,40,41)(H,42,43)/b16-11+. The number of methoxy groups -OCH3 is 1. The van der Waals surface area contributed by atoms with E-state index in [1.165, 1.54) is 6.08 Å². The molecule has 2 amide bonds. The number of nitrogens with zero attached hydrogens (tertiary/aromatic N) is 1. The monoisotopic (exact) mass is 625 g/mol. The highest BCUT2D eigenvalue weighted by atomic mass is 32.1. The van der Waals surface area contributed by atoms with Crippen molar-refractivity contribution >= 4 is 46.2 Å². The lowest BCUT2D eigenvalue weighted by Gasteiger charge is -2.36. The third-order valence-electron chi connectivity index (χ3n) is 7.53. The number of carboxylic acid groups (broad SMARTS) is 2. The number of anilines is 1. The highest BCUT2D eigenvalue weighted by Gasteiger charge is 2.35. The summed E-state index contributed by atoms with van der Waals surface area (Å²) in [6, 6.07) is 25.0. The predicted molar refractivity (Wildman–Crippen MR) is 171 cm³/mol. The number of aromatic carboxylic acids is 1. The number of amides is 2. The van der Waals surface area contributed by atoms with Crippen LogP contribution in [0.4, 0.5) is 5.00 Å². The van der Waals surface area contributed by atoms with Gasteiger partial charge in [-0.25, -0.2) is 9.59 Å². The molecule has 1 aliphatic rings. The summed E-state index contributed by atoms with van der Waals surface area (Å²) in [5.74, 6) is -3.91. The van der Waals surface area contributed by atoms with Crippen LogP contribution in [0.15, 0.2) is 84.9 Å². The molecule has 230 valence electrons. The molecule has 0 radical (unpaired) electrons. The molecule has 0 bridgehead atoms. The number of hydrogen-bond acceptors (Lipinski definition) is 7. The zero-order valence-electron chi connectivity index (χ0n) is 24.4. The number of hydrogen-bond donors (Lipinski definition) is 4. The van der Waals surface area contributed by atoms with Crippen LogP contribution in [-0.4, -0.2) is 59.1 Å². The first-order valence-corrected chi connectivity index (χ1v) is 15.0. The highest BCUT2D eigenvalue weighted by Crippen LogP contribution is 2.43. The van der Waals surface area contributed by atoms with Gasteiger partial charge in [0.25, 0.3) is 0 Å². The Morgan fingerprint density at radius 1 is 0.956 bits per heavy atom. The number of fused-ring (bicyclic) bond motifs is 1. The first-order chi connectivity index (χ1) is 21.7. The fraction of sp³-hybridized carbons (Fsp3) is 0.176. The number of ether oxygens (including phenoxy) is 1. The molecule has 1 unspecified atom stereocenters. The van der Waals surface area contributed by atoms with Gasteiger partial charge in [-0.2, -0.15) is 0 Å². The zero-order chi connectivity index (χ0) is 31.9. The van der Waals surface area contributed by atoms with E-state index in [4.69, 9.17) is 9.84 Å². The number of thiophene rings is 1. The molecule has 45 heavy (non-hydrogen) atoms. The summed E-state index contributed by atoms with van der Waals surface area (Å²) in [5, 5.41) is 24.2. The van der Waals surface area contributed by atoms with E-state index in [-0.39, 0.29) is 23.0 Å². The molecule has 4 N–H and O–H groups in total. The molecular weight excluding hydrogens is 594 g/mol. The Hall–Kier alpha value is -5.26. The maximum Gasteiger partial charge on any atom is 0.394 e. The fourth-order valence-corrected chi connectivity index (χ4v) is 6.64. The van der Waals surface area contributed by atoms with Crippen molar-refractivity contribution in [3.63, 3.8) is 0 Å². The molecule has 0 spiro atoms. The van der Waals surface area contributed by atoms with Crippen LogP contribution >= 0.6 is 11.3 Å². The van der Waals surface area contributed by atoms with Gasteiger partial charge in [0, 0.05) is 30.6 Å². The van der Waals surface area contributed by atoms with E-state index < -0.39 is 23.9 Å². The molecule has 10 nitrogen and oxygen atoms in total. The Morgan fingerprint density at radius 3 is 2.29 bits per heavy atom. The third-order valence-corrected chi connectivity index (χ3v) is 8.77. The van der Waals surface area contributed by atoms with Crippen LogP contribution in [0.25, 0.3) is 17.2 Å². The minimum atomic E-state index is -1.72. The molecule has 3 aromatic carbocycles. The van der Waals surface area contributed by atoms with E-state index in [0.717, 1.165) is 33.6 Å². The van der Waals surface area contributed by atoms with Gasteiger partial charge in [0.15, 0.2) is 0 Å². The number of benzene rings is 3. The molecule has 0 aliphatic carbocycles. The van der Waals surface area contributed by atoms with Gasteiger partial charge in [-0.05, 0) is 52.4 Å². The summed E-state index contributed by atoms with van der Waals surface area (Å²) in [4.78, 5) is 51.1. The lowest BCUT2D eigenvalue weighted by molar-refractivity contribution is -0.147. The van der Waals surface area contributed by atoms with Gasteiger partial charge in [-0.15, -0.1) is 11.3 Å². The second kappa shape index (κ2) is 14.0. The first-order valence-electron chi connectivity index (χ1n) is 14.1. The van der Waals surface area contributed by atoms with Crippen LogP contribution in [0.5, 0.6) is 5.75 Å². The predicted octanol–water partition coefficient (Wildman–Crippen LogP) is 5.07. The van der Waals surface area contributed by atoms with Gasteiger partial charge in [-0.3, -0.25) is 14.5 Å². The summed E-state index contributed by atoms with van der Waals surface area (Å²) in [5.41, 5.74) is 4.41. The van der Waals surface area contributed by atoms with Gasteiger partial charge in [0.05, 0.1) is 18.7 Å². The van der Waals surface area contributed by atoms with E-state index in [2.05, 4.69) is 15.5 Å². The summed E-state index contributed by atoms with van der Waals surface area (Å²) in [6.07, 6.45) is 3.54. The van der Waals surface area contributed by atoms with Crippen molar-refractivity contribution in [2.75, 3.05) is 25.5 Å². The Bertz CT molecular complexity index is 1730. The van der Waals surface area contributed by atoms with Gasteiger partial charge < -0.3 is 25.6 Å². The summed E-state index contributed by atoms with van der Waals surface area (Å²) in [7, 11) is 1.59. The molecule has 1 aromatic heterocycles. The van der Waals surface area contributed by atoms with E-state index in [1.807, 2.05) is 78.9 Å². The van der Waals surface area contributed by atoms with Gasteiger partial charge in [-0.1, -0.05) is 66.7 Å². The molecule has 5 rings (SSSR count). The maximum atomic E-state index is 13.0. The SMILES string of the molecule is COc1ccc(CN2CCc3c(sc(NC(=O)C(=O)O)c3C(=O)O)C2CNC(=O)/C=C/c2ccc(-c3ccccc3)cc2)cc1. The Balaban J connectivity index is 1.36. The van der Waals surface area contributed by atoms with Crippen LogP contribution in [0, 0.1) is 0 Å². The number of aliphatic carboxylic acids is 1. The number of carbonyl (C=O) groups is 4. The van der Waals surface area contributed by atoms with Crippen LogP contribution < -0.4 is 15.4 Å². The highest BCUT2D eigenvalue weighted by molar-refractivity contribution is 7.17. The molecule has 1 aliphatic heterocycles. The van der Waals surface area contributed by atoms with E-state index in [1.54, 1.807) is 13.2 Å². The van der Waals surface area contributed by atoms with E-state index in [0.29, 0.717) is 35.7 Å². The minimum Gasteiger partial charge on any atom is -0.497 e. The largest absolute Gasteiger partial charge is 0.497 e. The molecule has 1 atom stereocenters. The van der Waals surface area contributed by atoms with Crippen LogP contribution in [-0.2, 0) is 27.3 Å². The van der Waals surface area contributed by atoms with Crippen molar-refractivity contribution in [1.82, 2.24) is 10.2 Å². The quantitative estimate of drug-likeness (QED) is 0.141. The van der Waals surface area contributed by atoms with Gasteiger partial charge >= 0.3 is 17.8 Å². The third kappa shape index (κ3) is 7.46. The molecule has 11 heteroatoms. The fourth-order valence-electron chi connectivity index (χ4n) is 5.27. The van der Waals surface area contributed by atoms with Crippen molar-refractivity contribution in [3.05, 3.63) is 112 Å². The van der Waals surface area contributed by atoms with Crippen LogP contribution in [0.2, 0.25) is 0 Å². The van der Waals surface area contributed by atoms with Gasteiger partial charge in [0.2, 0.25) is 5.91 Å². The van der Waals surface area contributed by atoms with Gasteiger partial charge in [0.1, 0.15) is 10.8 Å². The van der Waals surface area contributed by atoms with Crippen molar-refractivity contribution in [2.45, 2.75) is 19.0 Å². The summed E-state index contributed by atoms with van der Waals surface area (Å²) < 4.78 is 5.26. The smallest absolute Gasteiger partial charge is 0.394 e. The van der Waals surface area contributed by atoms with Crippen molar-refractivity contribution in [1.29, 1.82) is 0 Å². The second-order valence-corrected chi connectivity index (χ2v) is 11.4. The van der Waals surface area contributed by atoms with Crippen LogP contribution in [0.3, 0.4) is 0 Å². The summed E-state index contributed by atoms with van der Waals surface area (Å²) in [6.45, 7) is 1.14. The molecule has 0 saturated heterocycles. The average Bonchev–Trinajstić information content (AvgIpc) is 3.42. The van der Waals surface area contributed by atoms with Crippen molar-refractivity contribution in [2.24, 2.45) is 0 Å². The zero-order valence-corrected chi connectivity index (χ0v) is 25.2. The minimum absolute atomic E-state index is 0.0404. The maximum absolute atomic E-state index is 13.0. The number of carbonyl (C=O) groups excluding carboxylic acids is 2. The van der Waals surface area contributed by atoms with E-state index >= 15 is 0 Å². The molecular formula is C34H31N3O7S.